The van der Waals surface area contributed by atoms with Crippen LogP contribution in [-0.4, -0.2) is 36.5 Å². The maximum atomic E-state index is 13.9. The minimum atomic E-state index is -0.300. The van der Waals surface area contributed by atoms with Gasteiger partial charge >= 0.3 is 0 Å². The monoisotopic (exact) mass is 296 g/mol. The molecule has 3 atom stereocenters. The van der Waals surface area contributed by atoms with Gasteiger partial charge in [-0.05, 0) is 25.5 Å². The number of halogens is 2. The van der Waals surface area contributed by atoms with E-state index in [0.29, 0.717) is 17.0 Å². The van der Waals surface area contributed by atoms with Crippen LogP contribution in [-0.2, 0) is 4.79 Å². The number of carbonyl (C=O) groups excluding carboxylic acids is 1. The molecule has 1 saturated heterocycles. The molecule has 0 bridgehead atoms. The summed E-state index contributed by atoms with van der Waals surface area (Å²) in [6, 6.07) is 4.90. The largest absolute Gasteiger partial charge is 0.337 e. The van der Waals surface area contributed by atoms with Crippen LogP contribution >= 0.6 is 11.6 Å². The molecule has 1 amide bonds. The predicted molar refractivity (Wildman–Crippen MR) is 76.3 cm³/mol. The Morgan fingerprint density at radius 1 is 1.50 bits per heavy atom. The smallest absolute Gasteiger partial charge is 0.226 e. The number of amides is 1. The normalized spacial score (nSPS) is 29.4. The molecule has 0 aromatic heterocycles. The van der Waals surface area contributed by atoms with Gasteiger partial charge in [0.15, 0.2) is 0 Å². The van der Waals surface area contributed by atoms with Gasteiger partial charge in [0.1, 0.15) is 5.82 Å². The highest BCUT2D eigenvalue weighted by Gasteiger charge is 2.48. The SMILES string of the molecule is C[C@@H]1CNCCN1C(=O)[C@H]1C[C@H]1c1c(F)cccc1Cl. The number of rotatable bonds is 2. The second-order valence-corrected chi connectivity index (χ2v) is 6.08. The first kappa shape index (κ1) is 13.8. The standard InChI is InChI=1S/C15H18ClFN2O/c1-9-8-18-5-6-19(9)15(20)11-7-10(11)14-12(16)3-2-4-13(14)17/h2-4,9-11,18H,5-8H2,1H3/t9-,10-,11+/m1/s1. The van der Waals surface area contributed by atoms with Crippen LogP contribution in [0.15, 0.2) is 18.2 Å². The molecule has 1 N–H and O–H groups in total. The summed E-state index contributed by atoms with van der Waals surface area (Å²) in [5.74, 6) is -0.322. The van der Waals surface area contributed by atoms with Gasteiger partial charge in [-0.2, -0.15) is 0 Å². The topological polar surface area (TPSA) is 32.3 Å². The second kappa shape index (κ2) is 5.34. The summed E-state index contributed by atoms with van der Waals surface area (Å²) < 4.78 is 13.9. The molecule has 2 fully saturated rings. The number of nitrogens with one attached hydrogen (secondary N) is 1. The van der Waals surface area contributed by atoms with Crippen LogP contribution in [0, 0.1) is 11.7 Å². The zero-order valence-electron chi connectivity index (χ0n) is 11.4. The van der Waals surface area contributed by atoms with E-state index < -0.39 is 0 Å². The Bertz CT molecular complexity index is 516. The summed E-state index contributed by atoms with van der Waals surface area (Å²) in [6.07, 6.45) is 0.704. The Labute approximate surface area is 123 Å². The fraction of sp³-hybridized carbons (Fsp3) is 0.533. The van der Waals surface area contributed by atoms with Crippen LogP contribution < -0.4 is 5.32 Å². The van der Waals surface area contributed by atoms with Crippen LogP contribution in [0.5, 0.6) is 0 Å². The van der Waals surface area contributed by atoms with Crippen molar-refractivity contribution in [1.29, 1.82) is 0 Å². The van der Waals surface area contributed by atoms with Crippen molar-refractivity contribution in [3.63, 3.8) is 0 Å². The minimum Gasteiger partial charge on any atom is -0.337 e. The maximum absolute atomic E-state index is 13.9. The third-order valence-electron chi connectivity index (χ3n) is 4.26. The van der Waals surface area contributed by atoms with Gasteiger partial charge in [0.05, 0.1) is 0 Å². The lowest BCUT2D eigenvalue weighted by Crippen LogP contribution is -2.52. The number of hydrogen-bond donors (Lipinski definition) is 1. The van der Waals surface area contributed by atoms with Crippen molar-refractivity contribution < 1.29 is 9.18 Å². The van der Waals surface area contributed by atoms with E-state index in [2.05, 4.69) is 5.32 Å². The van der Waals surface area contributed by atoms with Crippen molar-refractivity contribution in [2.24, 2.45) is 5.92 Å². The van der Waals surface area contributed by atoms with E-state index in [0.717, 1.165) is 19.6 Å². The summed E-state index contributed by atoms with van der Waals surface area (Å²) in [7, 11) is 0. The quantitative estimate of drug-likeness (QED) is 0.909. The van der Waals surface area contributed by atoms with Crippen LogP contribution in [0.3, 0.4) is 0 Å². The summed E-state index contributed by atoms with van der Waals surface area (Å²) in [5.41, 5.74) is 0.510. The zero-order valence-corrected chi connectivity index (χ0v) is 12.2. The summed E-state index contributed by atoms with van der Waals surface area (Å²) in [5, 5.41) is 3.69. The summed E-state index contributed by atoms with van der Waals surface area (Å²) in [6.45, 7) is 4.42. The van der Waals surface area contributed by atoms with Crippen molar-refractivity contribution in [2.45, 2.75) is 25.3 Å². The molecule has 0 unspecified atom stereocenters. The van der Waals surface area contributed by atoms with Crippen LogP contribution in [0.1, 0.15) is 24.8 Å². The average molecular weight is 297 g/mol. The third kappa shape index (κ3) is 2.42. The molecule has 1 aromatic rings. The molecule has 0 radical (unpaired) electrons. The van der Waals surface area contributed by atoms with Gasteiger partial charge in [-0.15, -0.1) is 0 Å². The van der Waals surface area contributed by atoms with Crippen LogP contribution in [0.2, 0.25) is 5.02 Å². The lowest BCUT2D eigenvalue weighted by Gasteiger charge is -2.34. The highest BCUT2D eigenvalue weighted by atomic mass is 35.5. The molecule has 0 spiro atoms. The zero-order chi connectivity index (χ0) is 14.3. The molecular formula is C15H18ClFN2O. The molecule has 3 rings (SSSR count). The van der Waals surface area contributed by atoms with Gasteiger partial charge < -0.3 is 10.2 Å². The van der Waals surface area contributed by atoms with Gasteiger partial charge in [0.25, 0.3) is 0 Å². The molecule has 1 saturated carbocycles. The van der Waals surface area contributed by atoms with Gasteiger partial charge in [-0.1, -0.05) is 17.7 Å². The van der Waals surface area contributed by atoms with Crippen molar-refractivity contribution >= 4 is 17.5 Å². The van der Waals surface area contributed by atoms with Gasteiger partial charge in [0, 0.05) is 48.1 Å². The Kier molecular flexibility index (Phi) is 3.69. The van der Waals surface area contributed by atoms with Crippen LogP contribution in [0.4, 0.5) is 4.39 Å². The highest BCUT2D eigenvalue weighted by Crippen LogP contribution is 2.51. The van der Waals surface area contributed by atoms with E-state index in [1.54, 1.807) is 12.1 Å². The maximum Gasteiger partial charge on any atom is 0.226 e. The predicted octanol–water partition coefficient (Wildman–Crippen LogP) is 2.40. The molecule has 1 heterocycles. The molecular weight excluding hydrogens is 279 g/mol. The number of piperazine rings is 1. The lowest BCUT2D eigenvalue weighted by molar-refractivity contribution is -0.135. The number of carbonyl (C=O) groups is 1. The van der Waals surface area contributed by atoms with Crippen molar-refractivity contribution in [3.05, 3.63) is 34.6 Å². The number of hydrogen-bond acceptors (Lipinski definition) is 2. The average Bonchev–Trinajstić information content (AvgIpc) is 3.18. The molecule has 1 aromatic carbocycles. The van der Waals surface area contributed by atoms with E-state index in [-0.39, 0.29) is 29.6 Å². The van der Waals surface area contributed by atoms with Crippen molar-refractivity contribution in [2.75, 3.05) is 19.6 Å². The van der Waals surface area contributed by atoms with Crippen LogP contribution in [0.25, 0.3) is 0 Å². The van der Waals surface area contributed by atoms with E-state index >= 15 is 0 Å². The molecule has 1 aliphatic heterocycles. The number of benzene rings is 1. The van der Waals surface area contributed by atoms with E-state index in [9.17, 15) is 9.18 Å². The number of nitrogens with zero attached hydrogens (tertiary/aromatic N) is 1. The second-order valence-electron chi connectivity index (χ2n) is 5.67. The molecule has 108 valence electrons. The third-order valence-corrected chi connectivity index (χ3v) is 4.59. The first-order chi connectivity index (χ1) is 9.59. The Morgan fingerprint density at radius 3 is 3.00 bits per heavy atom. The van der Waals surface area contributed by atoms with E-state index in [1.165, 1.54) is 6.07 Å². The highest BCUT2D eigenvalue weighted by molar-refractivity contribution is 6.31. The first-order valence-electron chi connectivity index (χ1n) is 7.04. The molecule has 1 aliphatic carbocycles. The summed E-state index contributed by atoms with van der Waals surface area (Å²) >= 11 is 6.07. The first-order valence-corrected chi connectivity index (χ1v) is 7.42. The van der Waals surface area contributed by atoms with Gasteiger partial charge in [-0.25, -0.2) is 4.39 Å². The molecule has 2 aliphatic rings. The van der Waals surface area contributed by atoms with Gasteiger partial charge in [0.2, 0.25) is 5.91 Å². The molecule has 3 nitrogen and oxygen atoms in total. The minimum absolute atomic E-state index is 0.0571. The molecule has 5 heteroatoms. The van der Waals surface area contributed by atoms with Crippen molar-refractivity contribution in [1.82, 2.24) is 10.2 Å². The fourth-order valence-electron chi connectivity index (χ4n) is 3.03. The van der Waals surface area contributed by atoms with Gasteiger partial charge in [-0.3, -0.25) is 4.79 Å². The Balaban J connectivity index is 1.74. The fourth-order valence-corrected chi connectivity index (χ4v) is 3.34. The molecule has 20 heavy (non-hydrogen) atoms. The van der Waals surface area contributed by atoms with E-state index in [4.69, 9.17) is 11.6 Å². The Hall–Kier alpha value is -1.13. The lowest BCUT2D eigenvalue weighted by atomic mass is 10.1. The Morgan fingerprint density at radius 2 is 2.30 bits per heavy atom. The van der Waals surface area contributed by atoms with Crippen molar-refractivity contribution in [3.8, 4) is 0 Å². The van der Waals surface area contributed by atoms with E-state index in [1.807, 2.05) is 11.8 Å². The summed E-state index contributed by atoms with van der Waals surface area (Å²) in [4.78, 5) is 14.4.